The summed E-state index contributed by atoms with van der Waals surface area (Å²) in [6.07, 6.45) is 6.75. The topological polar surface area (TPSA) is 61.4 Å². The lowest BCUT2D eigenvalue weighted by molar-refractivity contribution is 0.0658. The van der Waals surface area contributed by atoms with Gasteiger partial charge in [-0.3, -0.25) is 4.79 Å². The molecule has 2 heterocycles. The van der Waals surface area contributed by atoms with E-state index in [4.69, 9.17) is 0 Å². The van der Waals surface area contributed by atoms with E-state index >= 15 is 0 Å². The molecule has 1 amide bonds. The average molecular weight is 291 g/mol. The number of carbonyl (C=O) groups is 1. The molecule has 0 unspecified atom stereocenters. The molecule has 0 aromatic carbocycles. The molecule has 0 aliphatic carbocycles. The summed E-state index contributed by atoms with van der Waals surface area (Å²) in [7, 11) is 2.07. The predicted octanol–water partition coefficient (Wildman–Crippen LogP) is 1.47. The predicted molar refractivity (Wildman–Crippen MR) is 83.4 cm³/mol. The molecule has 2 rings (SSSR count). The fourth-order valence-corrected chi connectivity index (χ4v) is 2.29. The normalized spacial score (nSPS) is 16.0. The van der Waals surface area contributed by atoms with E-state index < -0.39 is 0 Å². The Kier molecular flexibility index (Phi) is 5.92. The second kappa shape index (κ2) is 7.93. The van der Waals surface area contributed by atoms with Gasteiger partial charge in [0.1, 0.15) is 11.5 Å². The van der Waals surface area contributed by atoms with E-state index in [-0.39, 0.29) is 5.91 Å². The fraction of sp³-hybridized carbons (Fsp3) is 0.667. The smallest absolute Gasteiger partial charge is 0.274 e. The number of rotatable bonds is 6. The van der Waals surface area contributed by atoms with Crippen LogP contribution in [-0.2, 0) is 0 Å². The third kappa shape index (κ3) is 4.67. The Morgan fingerprint density at radius 3 is 2.57 bits per heavy atom. The highest BCUT2D eigenvalue weighted by atomic mass is 16.2. The molecular formula is C15H25N5O. The van der Waals surface area contributed by atoms with Gasteiger partial charge in [-0.25, -0.2) is 9.97 Å². The van der Waals surface area contributed by atoms with Gasteiger partial charge in [-0.1, -0.05) is 19.8 Å². The standard InChI is InChI=1S/C15H25N5O/c1-3-4-5-6-16-14-12-17-13(11-18-14)15(21)20-9-7-19(2)8-10-20/h11-12H,3-10H2,1-2H3,(H,16,18). The van der Waals surface area contributed by atoms with Gasteiger partial charge in [-0.15, -0.1) is 0 Å². The number of nitrogens with zero attached hydrogens (tertiary/aromatic N) is 4. The molecule has 1 saturated heterocycles. The van der Waals surface area contributed by atoms with Crippen LogP contribution in [0.15, 0.2) is 12.4 Å². The molecule has 6 heteroatoms. The number of anilines is 1. The number of likely N-dealkylation sites (N-methyl/N-ethyl adjacent to an activating group) is 1. The molecule has 1 aromatic rings. The van der Waals surface area contributed by atoms with E-state index in [2.05, 4.69) is 34.2 Å². The molecule has 0 radical (unpaired) electrons. The van der Waals surface area contributed by atoms with Gasteiger partial charge in [0, 0.05) is 32.7 Å². The first-order chi connectivity index (χ1) is 10.2. The van der Waals surface area contributed by atoms with E-state index in [1.54, 1.807) is 12.4 Å². The van der Waals surface area contributed by atoms with Crippen LogP contribution in [0.4, 0.5) is 5.82 Å². The molecule has 1 N–H and O–H groups in total. The fourth-order valence-electron chi connectivity index (χ4n) is 2.29. The Hall–Kier alpha value is -1.69. The summed E-state index contributed by atoms with van der Waals surface area (Å²) in [5.41, 5.74) is 0.429. The second-order valence-corrected chi connectivity index (χ2v) is 5.52. The summed E-state index contributed by atoms with van der Waals surface area (Å²) in [6.45, 7) is 6.42. The van der Waals surface area contributed by atoms with Gasteiger partial charge < -0.3 is 15.1 Å². The third-order valence-corrected chi connectivity index (χ3v) is 3.75. The Bertz CT molecular complexity index is 440. The number of aromatic nitrogens is 2. The maximum Gasteiger partial charge on any atom is 0.274 e. The minimum absolute atomic E-state index is 0.0202. The van der Waals surface area contributed by atoms with Gasteiger partial charge in [0.25, 0.3) is 5.91 Å². The molecule has 116 valence electrons. The zero-order chi connectivity index (χ0) is 15.1. The number of hydrogen-bond acceptors (Lipinski definition) is 5. The number of amides is 1. The summed E-state index contributed by atoms with van der Waals surface area (Å²) in [4.78, 5) is 24.9. The Balaban J connectivity index is 1.85. The van der Waals surface area contributed by atoms with Gasteiger partial charge in [0.05, 0.1) is 12.4 Å². The molecule has 1 aliphatic rings. The maximum atomic E-state index is 12.3. The molecular weight excluding hydrogens is 266 g/mol. The molecule has 0 spiro atoms. The minimum atomic E-state index is -0.0202. The third-order valence-electron chi connectivity index (χ3n) is 3.75. The number of carbonyl (C=O) groups excluding carboxylic acids is 1. The van der Waals surface area contributed by atoms with Crippen molar-refractivity contribution in [2.45, 2.75) is 26.2 Å². The van der Waals surface area contributed by atoms with E-state index in [0.29, 0.717) is 5.69 Å². The molecule has 0 bridgehead atoms. The van der Waals surface area contributed by atoms with Gasteiger partial charge in [0.2, 0.25) is 0 Å². The van der Waals surface area contributed by atoms with Crippen LogP contribution in [0.3, 0.4) is 0 Å². The minimum Gasteiger partial charge on any atom is -0.369 e. The molecule has 0 atom stereocenters. The summed E-state index contributed by atoms with van der Waals surface area (Å²) in [6, 6.07) is 0. The monoisotopic (exact) mass is 291 g/mol. The first kappa shape index (κ1) is 15.7. The van der Waals surface area contributed by atoms with E-state index in [1.807, 2.05) is 4.90 Å². The zero-order valence-electron chi connectivity index (χ0n) is 13.0. The number of hydrogen-bond donors (Lipinski definition) is 1. The molecule has 21 heavy (non-hydrogen) atoms. The van der Waals surface area contributed by atoms with Crippen LogP contribution >= 0.6 is 0 Å². The van der Waals surface area contributed by atoms with Gasteiger partial charge in [-0.05, 0) is 13.5 Å². The van der Waals surface area contributed by atoms with Crippen molar-refractivity contribution in [3.05, 3.63) is 18.1 Å². The van der Waals surface area contributed by atoms with Crippen molar-refractivity contribution in [1.82, 2.24) is 19.8 Å². The van der Waals surface area contributed by atoms with Gasteiger partial charge >= 0.3 is 0 Å². The highest BCUT2D eigenvalue weighted by molar-refractivity contribution is 5.92. The number of piperazine rings is 1. The first-order valence-corrected chi connectivity index (χ1v) is 7.74. The Morgan fingerprint density at radius 2 is 1.95 bits per heavy atom. The van der Waals surface area contributed by atoms with Crippen LogP contribution in [0.1, 0.15) is 36.7 Å². The van der Waals surface area contributed by atoms with Gasteiger partial charge in [-0.2, -0.15) is 0 Å². The van der Waals surface area contributed by atoms with E-state index in [0.717, 1.165) is 45.0 Å². The Morgan fingerprint density at radius 1 is 1.19 bits per heavy atom. The van der Waals surface area contributed by atoms with Crippen LogP contribution in [-0.4, -0.2) is 65.4 Å². The van der Waals surface area contributed by atoms with Crippen molar-refractivity contribution in [2.24, 2.45) is 0 Å². The SMILES string of the molecule is CCCCCNc1cnc(C(=O)N2CCN(C)CC2)cn1. The average Bonchev–Trinajstić information content (AvgIpc) is 2.52. The molecule has 1 fully saturated rings. The Labute approximate surface area is 126 Å². The van der Waals surface area contributed by atoms with E-state index in [9.17, 15) is 4.79 Å². The number of unbranched alkanes of at least 4 members (excludes halogenated alkanes) is 2. The van der Waals surface area contributed by atoms with Crippen molar-refractivity contribution in [1.29, 1.82) is 0 Å². The van der Waals surface area contributed by atoms with Crippen molar-refractivity contribution in [2.75, 3.05) is 45.1 Å². The summed E-state index contributed by atoms with van der Waals surface area (Å²) in [5.74, 6) is 0.717. The summed E-state index contributed by atoms with van der Waals surface area (Å²) >= 11 is 0. The highest BCUT2D eigenvalue weighted by Crippen LogP contribution is 2.07. The zero-order valence-corrected chi connectivity index (χ0v) is 13.0. The lowest BCUT2D eigenvalue weighted by atomic mass is 10.2. The first-order valence-electron chi connectivity index (χ1n) is 7.74. The largest absolute Gasteiger partial charge is 0.369 e. The van der Waals surface area contributed by atoms with Crippen LogP contribution in [0.5, 0.6) is 0 Å². The quantitative estimate of drug-likeness (QED) is 0.804. The molecule has 6 nitrogen and oxygen atoms in total. The van der Waals surface area contributed by atoms with Crippen LogP contribution in [0.2, 0.25) is 0 Å². The highest BCUT2D eigenvalue weighted by Gasteiger charge is 2.21. The molecule has 1 aromatic heterocycles. The second-order valence-electron chi connectivity index (χ2n) is 5.52. The van der Waals surface area contributed by atoms with Crippen molar-refractivity contribution in [3.8, 4) is 0 Å². The van der Waals surface area contributed by atoms with Gasteiger partial charge in [0.15, 0.2) is 0 Å². The van der Waals surface area contributed by atoms with Crippen LogP contribution in [0, 0.1) is 0 Å². The van der Waals surface area contributed by atoms with Crippen molar-refractivity contribution >= 4 is 11.7 Å². The van der Waals surface area contributed by atoms with Crippen molar-refractivity contribution in [3.63, 3.8) is 0 Å². The summed E-state index contributed by atoms with van der Waals surface area (Å²) in [5, 5.41) is 3.23. The van der Waals surface area contributed by atoms with Crippen LogP contribution in [0.25, 0.3) is 0 Å². The van der Waals surface area contributed by atoms with E-state index in [1.165, 1.54) is 12.8 Å². The maximum absolute atomic E-state index is 12.3. The van der Waals surface area contributed by atoms with Crippen LogP contribution < -0.4 is 5.32 Å². The molecule has 1 aliphatic heterocycles. The number of nitrogens with one attached hydrogen (secondary N) is 1. The van der Waals surface area contributed by atoms with Crippen molar-refractivity contribution < 1.29 is 4.79 Å². The lowest BCUT2D eigenvalue weighted by Crippen LogP contribution is -2.47. The summed E-state index contributed by atoms with van der Waals surface area (Å²) < 4.78 is 0. The lowest BCUT2D eigenvalue weighted by Gasteiger charge is -2.32. The molecule has 0 saturated carbocycles.